The summed E-state index contributed by atoms with van der Waals surface area (Å²) in [7, 11) is 0. The summed E-state index contributed by atoms with van der Waals surface area (Å²) in [6, 6.07) is 0.314. The maximum atomic E-state index is 12.9. The summed E-state index contributed by atoms with van der Waals surface area (Å²) < 4.78 is 0. The molecule has 3 heterocycles. The first kappa shape index (κ1) is 16.9. The van der Waals surface area contributed by atoms with Gasteiger partial charge in [0.1, 0.15) is 0 Å². The Morgan fingerprint density at radius 2 is 2.25 bits per heavy atom. The lowest BCUT2D eigenvalue weighted by molar-refractivity contribution is -0.136. The Morgan fingerprint density at radius 1 is 1.42 bits per heavy atom. The molecule has 3 rings (SSSR count). The molecule has 0 aromatic carbocycles. The predicted molar refractivity (Wildman–Crippen MR) is 89.0 cm³/mol. The number of carbonyl (C=O) groups excluding carboxylic acids is 2. The highest BCUT2D eigenvalue weighted by atomic mass is 16.2. The third-order valence-electron chi connectivity index (χ3n) is 5.71. The average Bonchev–Trinajstić information content (AvgIpc) is 3.29. The van der Waals surface area contributed by atoms with Crippen molar-refractivity contribution in [2.24, 2.45) is 5.41 Å². The van der Waals surface area contributed by atoms with Crippen LogP contribution in [0.2, 0.25) is 0 Å². The average molecular weight is 333 g/mol. The molecule has 0 spiro atoms. The molecular formula is C17H27N5O2. The lowest BCUT2D eigenvalue weighted by Gasteiger charge is -2.35. The van der Waals surface area contributed by atoms with Crippen LogP contribution in [0.4, 0.5) is 0 Å². The van der Waals surface area contributed by atoms with E-state index in [0.717, 1.165) is 37.8 Å². The molecule has 0 aliphatic carbocycles. The molecule has 2 bridgehead atoms. The summed E-state index contributed by atoms with van der Waals surface area (Å²) in [6.07, 6.45) is 7.34. The van der Waals surface area contributed by atoms with Crippen LogP contribution in [0, 0.1) is 5.41 Å². The van der Waals surface area contributed by atoms with Gasteiger partial charge < -0.3 is 10.2 Å². The minimum Gasteiger partial charge on any atom is -0.355 e. The predicted octanol–water partition coefficient (Wildman–Crippen LogP) is 1.42. The van der Waals surface area contributed by atoms with Crippen LogP contribution < -0.4 is 5.32 Å². The first-order valence-corrected chi connectivity index (χ1v) is 9.06. The molecule has 1 aromatic heterocycles. The van der Waals surface area contributed by atoms with Gasteiger partial charge in [0, 0.05) is 31.5 Å². The first-order chi connectivity index (χ1) is 11.6. The number of hydrogen-bond acceptors (Lipinski definition) is 4. The molecular weight excluding hydrogens is 306 g/mol. The number of carbonyl (C=O) groups is 2. The quantitative estimate of drug-likeness (QED) is 0.789. The number of H-pyrrole nitrogens is 1. The van der Waals surface area contributed by atoms with E-state index < -0.39 is 5.41 Å². The minimum atomic E-state index is -0.420. The van der Waals surface area contributed by atoms with Gasteiger partial charge >= 0.3 is 0 Å². The third-order valence-corrected chi connectivity index (χ3v) is 5.71. The topological polar surface area (TPSA) is 91.0 Å². The molecule has 2 amide bonds. The number of aromatic amines is 1. The van der Waals surface area contributed by atoms with Gasteiger partial charge in [-0.15, -0.1) is 0 Å². The molecule has 7 nitrogen and oxygen atoms in total. The molecule has 2 aliphatic rings. The Bertz CT molecular complexity index is 588. The maximum Gasteiger partial charge on any atom is 0.228 e. The SMILES string of the molecule is CCCC(=O)N1[C@H]2CC[C@@H]1[C@](CC)(C(=O)NCCc1cn[nH]n1)C2. The molecule has 0 saturated carbocycles. The Morgan fingerprint density at radius 3 is 2.92 bits per heavy atom. The van der Waals surface area contributed by atoms with Crippen molar-refractivity contribution in [3.05, 3.63) is 11.9 Å². The van der Waals surface area contributed by atoms with Crippen LogP contribution in [0.25, 0.3) is 0 Å². The third kappa shape index (κ3) is 2.80. The Kier molecular flexibility index (Phi) is 4.87. The van der Waals surface area contributed by atoms with Gasteiger partial charge in [0.25, 0.3) is 0 Å². The van der Waals surface area contributed by atoms with E-state index in [1.807, 2.05) is 11.8 Å². The zero-order chi connectivity index (χ0) is 17.2. The first-order valence-electron chi connectivity index (χ1n) is 9.06. The van der Waals surface area contributed by atoms with Crippen LogP contribution in [0.15, 0.2) is 6.20 Å². The fourth-order valence-electron chi connectivity index (χ4n) is 4.51. The van der Waals surface area contributed by atoms with Crippen LogP contribution in [-0.2, 0) is 16.0 Å². The molecule has 7 heteroatoms. The second kappa shape index (κ2) is 6.91. The number of nitrogens with zero attached hydrogens (tertiary/aromatic N) is 3. The van der Waals surface area contributed by atoms with Crippen LogP contribution >= 0.6 is 0 Å². The molecule has 2 aliphatic heterocycles. The van der Waals surface area contributed by atoms with E-state index in [-0.39, 0.29) is 23.9 Å². The highest BCUT2D eigenvalue weighted by molar-refractivity contribution is 5.87. The highest BCUT2D eigenvalue weighted by Gasteiger charge is 2.59. The van der Waals surface area contributed by atoms with Crippen LogP contribution in [0.1, 0.15) is 58.1 Å². The van der Waals surface area contributed by atoms with Crippen molar-refractivity contribution in [3.8, 4) is 0 Å². The summed E-state index contributed by atoms with van der Waals surface area (Å²) in [4.78, 5) is 27.5. The summed E-state index contributed by atoms with van der Waals surface area (Å²) in [5, 5.41) is 13.4. The van der Waals surface area contributed by atoms with Gasteiger partial charge in [0.2, 0.25) is 11.8 Å². The fraction of sp³-hybridized carbons (Fsp3) is 0.765. The minimum absolute atomic E-state index is 0.0681. The summed E-state index contributed by atoms with van der Waals surface area (Å²) in [5.74, 6) is 0.311. The lowest BCUT2D eigenvalue weighted by atomic mass is 9.71. The normalized spacial score (nSPS) is 28.3. The van der Waals surface area contributed by atoms with Gasteiger partial charge in [-0.05, 0) is 32.1 Å². The zero-order valence-corrected chi connectivity index (χ0v) is 14.5. The molecule has 1 aromatic rings. The van der Waals surface area contributed by atoms with E-state index in [1.165, 1.54) is 0 Å². The molecule has 0 radical (unpaired) electrons. The Labute approximate surface area is 142 Å². The van der Waals surface area contributed by atoms with E-state index in [0.29, 0.717) is 19.4 Å². The van der Waals surface area contributed by atoms with Crippen molar-refractivity contribution in [2.75, 3.05) is 6.54 Å². The van der Waals surface area contributed by atoms with Crippen LogP contribution in [0.3, 0.4) is 0 Å². The van der Waals surface area contributed by atoms with E-state index in [9.17, 15) is 9.59 Å². The molecule has 132 valence electrons. The molecule has 0 unspecified atom stereocenters. The fourth-order valence-corrected chi connectivity index (χ4v) is 4.51. The van der Waals surface area contributed by atoms with Gasteiger partial charge in [-0.2, -0.15) is 15.4 Å². The monoisotopic (exact) mass is 333 g/mol. The van der Waals surface area contributed by atoms with Crippen LogP contribution in [0.5, 0.6) is 0 Å². The number of amides is 2. The smallest absolute Gasteiger partial charge is 0.228 e. The standard InChI is InChI=1S/C17H27N5O2/c1-3-5-15(23)22-13-6-7-14(22)17(4-2,10-13)16(24)18-9-8-12-11-19-21-20-12/h11,13-14H,3-10H2,1-2H3,(H,18,24)(H,19,20,21)/t13-,14+,17+/m0/s1. The second-order valence-corrected chi connectivity index (χ2v) is 6.98. The van der Waals surface area contributed by atoms with Gasteiger partial charge in [-0.3, -0.25) is 9.59 Å². The summed E-state index contributed by atoms with van der Waals surface area (Å²) in [6.45, 7) is 4.65. The Balaban J connectivity index is 1.66. The van der Waals surface area contributed by atoms with Crippen molar-refractivity contribution in [1.82, 2.24) is 25.6 Å². The number of hydrogen-bond donors (Lipinski definition) is 2. The number of rotatable bonds is 7. The van der Waals surface area contributed by atoms with Crippen molar-refractivity contribution < 1.29 is 9.59 Å². The van der Waals surface area contributed by atoms with Gasteiger partial charge in [0.05, 0.1) is 17.3 Å². The van der Waals surface area contributed by atoms with E-state index in [4.69, 9.17) is 0 Å². The van der Waals surface area contributed by atoms with E-state index >= 15 is 0 Å². The second-order valence-electron chi connectivity index (χ2n) is 6.98. The molecule has 2 N–H and O–H groups in total. The van der Waals surface area contributed by atoms with Gasteiger partial charge in [0.15, 0.2) is 0 Å². The Hall–Kier alpha value is -1.92. The maximum absolute atomic E-state index is 12.9. The van der Waals surface area contributed by atoms with Crippen LogP contribution in [-0.4, -0.2) is 50.8 Å². The number of fused-ring (bicyclic) bond motifs is 2. The summed E-state index contributed by atoms with van der Waals surface area (Å²) in [5.41, 5.74) is 0.421. The molecule has 3 atom stereocenters. The number of nitrogens with one attached hydrogen (secondary N) is 2. The zero-order valence-electron chi connectivity index (χ0n) is 14.5. The van der Waals surface area contributed by atoms with E-state index in [2.05, 4.69) is 27.7 Å². The van der Waals surface area contributed by atoms with Gasteiger partial charge in [-0.1, -0.05) is 13.8 Å². The molecule has 2 fully saturated rings. The lowest BCUT2D eigenvalue weighted by Crippen LogP contribution is -2.50. The van der Waals surface area contributed by atoms with Crippen molar-refractivity contribution >= 4 is 11.8 Å². The van der Waals surface area contributed by atoms with Crippen molar-refractivity contribution in [3.63, 3.8) is 0 Å². The highest BCUT2D eigenvalue weighted by Crippen LogP contribution is 2.52. The molecule has 24 heavy (non-hydrogen) atoms. The van der Waals surface area contributed by atoms with Crippen molar-refractivity contribution in [2.45, 2.75) is 70.9 Å². The summed E-state index contributed by atoms with van der Waals surface area (Å²) >= 11 is 0. The van der Waals surface area contributed by atoms with Crippen molar-refractivity contribution in [1.29, 1.82) is 0 Å². The molecule has 2 saturated heterocycles. The largest absolute Gasteiger partial charge is 0.355 e. The van der Waals surface area contributed by atoms with E-state index in [1.54, 1.807) is 6.20 Å². The number of aromatic nitrogens is 3. The van der Waals surface area contributed by atoms with Gasteiger partial charge in [-0.25, -0.2) is 0 Å².